The van der Waals surface area contributed by atoms with Crippen LogP contribution in [0.1, 0.15) is 20.3 Å². The largest absolute Gasteiger partial charge is 0.377 e. The Labute approximate surface area is 83.4 Å². The zero-order valence-corrected chi connectivity index (χ0v) is 8.69. The van der Waals surface area contributed by atoms with E-state index < -0.39 is 6.29 Å². The Morgan fingerprint density at radius 3 is 2.79 bits per heavy atom. The SMILES string of the molecule is CO[C@@H]1[C@@H](NC(C)=O)C[C@@H](O)O[C@@H]1C. The zero-order valence-electron chi connectivity index (χ0n) is 8.69. The normalized spacial score (nSPS) is 38.0. The van der Waals surface area contributed by atoms with E-state index in [-0.39, 0.29) is 24.2 Å². The Morgan fingerprint density at radius 1 is 1.64 bits per heavy atom. The molecule has 2 N–H and O–H groups in total. The molecule has 0 unspecified atom stereocenters. The van der Waals surface area contributed by atoms with E-state index in [1.807, 2.05) is 6.92 Å². The average Bonchev–Trinajstić information content (AvgIpc) is 2.01. The van der Waals surface area contributed by atoms with Crippen LogP contribution in [0.2, 0.25) is 0 Å². The van der Waals surface area contributed by atoms with Crippen molar-refractivity contribution in [2.24, 2.45) is 0 Å². The fraction of sp³-hybridized carbons (Fsp3) is 0.889. The Morgan fingerprint density at radius 2 is 2.29 bits per heavy atom. The molecule has 0 aromatic rings. The Hall–Kier alpha value is -0.650. The van der Waals surface area contributed by atoms with Gasteiger partial charge in [0.25, 0.3) is 0 Å². The lowest BCUT2D eigenvalue weighted by molar-refractivity contribution is -0.208. The Balaban J connectivity index is 2.62. The first-order valence-electron chi connectivity index (χ1n) is 4.68. The summed E-state index contributed by atoms with van der Waals surface area (Å²) in [5.41, 5.74) is 0. The van der Waals surface area contributed by atoms with Crippen molar-refractivity contribution < 1.29 is 19.4 Å². The summed E-state index contributed by atoms with van der Waals surface area (Å²) in [6.45, 7) is 3.25. The third-order valence-corrected chi connectivity index (χ3v) is 2.35. The number of methoxy groups -OCH3 is 1. The van der Waals surface area contributed by atoms with Crippen LogP contribution in [0.4, 0.5) is 0 Å². The van der Waals surface area contributed by atoms with Gasteiger partial charge in [0.1, 0.15) is 6.10 Å². The topological polar surface area (TPSA) is 67.8 Å². The Kier molecular flexibility index (Phi) is 3.86. The summed E-state index contributed by atoms with van der Waals surface area (Å²) in [4.78, 5) is 10.9. The molecule has 1 rings (SSSR count). The highest BCUT2D eigenvalue weighted by atomic mass is 16.6. The van der Waals surface area contributed by atoms with Gasteiger partial charge < -0.3 is 19.9 Å². The van der Waals surface area contributed by atoms with Crippen LogP contribution in [0.15, 0.2) is 0 Å². The maximum atomic E-state index is 10.9. The number of nitrogens with one attached hydrogen (secondary N) is 1. The summed E-state index contributed by atoms with van der Waals surface area (Å²) >= 11 is 0. The second-order valence-electron chi connectivity index (χ2n) is 3.54. The quantitative estimate of drug-likeness (QED) is 0.642. The van der Waals surface area contributed by atoms with E-state index in [1.54, 1.807) is 7.11 Å². The minimum absolute atomic E-state index is 0.127. The smallest absolute Gasteiger partial charge is 0.217 e. The van der Waals surface area contributed by atoms with Gasteiger partial charge in [-0.05, 0) is 6.92 Å². The number of ether oxygens (including phenoxy) is 2. The lowest BCUT2D eigenvalue weighted by Crippen LogP contribution is -2.55. The van der Waals surface area contributed by atoms with Crippen LogP contribution in [-0.4, -0.2) is 42.7 Å². The van der Waals surface area contributed by atoms with Crippen molar-refractivity contribution in [1.29, 1.82) is 0 Å². The molecule has 0 radical (unpaired) electrons. The number of aliphatic hydroxyl groups excluding tert-OH is 1. The van der Waals surface area contributed by atoms with Crippen molar-refractivity contribution in [3.63, 3.8) is 0 Å². The van der Waals surface area contributed by atoms with Gasteiger partial charge >= 0.3 is 0 Å². The number of hydrogen-bond donors (Lipinski definition) is 2. The van der Waals surface area contributed by atoms with Gasteiger partial charge in [-0.15, -0.1) is 0 Å². The summed E-state index contributed by atoms with van der Waals surface area (Å²) in [5.74, 6) is -0.127. The first kappa shape index (κ1) is 11.4. The first-order valence-corrected chi connectivity index (χ1v) is 4.68. The van der Waals surface area contributed by atoms with E-state index in [4.69, 9.17) is 9.47 Å². The van der Waals surface area contributed by atoms with Crippen LogP contribution >= 0.6 is 0 Å². The monoisotopic (exact) mass is 203 g/mol. The standard InChI is InChI=1S/C9H17NO4/c1-5-9(13-3)7(10-6(2)11)4-8(12)14-5/h5,7-9,12H,4H2,1-3H3,(H,10,11)/t5-,7+,8+,9+/m1/s1. The number of rotatable bonds is 2. The number of carbonyl (C=O) groups excluding carboxylic acids is 1. The molecule has 0 aliphatic carbocycles. The molecule has 0 bridgehead atoms. The predicted octanol–water partition coefficient (Wildman–Crippen LogP) is -0.367. The highest BCUT2D eigenvalue weighted by Crippen LogP contribution is 2.20. The summed E-state index contributed by atoms with van der Waals surface area (Å²) in [5, 5.41) is 12.1. The van der Waals surface area contributed by atoms with Crippen molar-refractivity contribution >= 4 is 5.91 Å². The van der Waals surface area contributed by atoms with E-state index >= 15 is 0 Å². The van der Waals surface area contributed by atoms with Gasteiger partial charge in [0.15, 0.2) is 6.29 Å². The second kappa shape index (κ2) is 4.72. The van der Waals surface area contributed by atoms with Gasteiger partial charge in [-0.1, -0.05) is 0 Å². The molecule has 0 spiro atoms. The third kappa shape index (κ3) is 2.67. The number of aliphatic hydroxyl groups is 1. The second-order valence-corrected chi connectivity index (χ2v) is 3.54. The maximum Gasteiger partial charge on any atom is 0.217 e. The molecule has 82 valence electrons. The molecular formula is C9H17NO4. The molecule has 1 heterocycles. The molecule has 1 saturated heterocycles. The average molecular weight is 203 g/mol. The van der Waals surface area contributed by atoms with Crippen molar-refractivity contribution in [3.05, 3.63) is 0 Å². The van der Waals surface area contributed by atoms with Crippen molar-refractivity contribution in [2.75, 3.05) is 7.11 Å². The molecule has 0 saturated carbocycles. The summed E-state index contributed by atoms with van der Waals surface area (Å²) in [6.07, 6.45) is -0.890. The van der Waals surface area contributed by atoms with Gasteiger partial charge in [-0.3, -0.25) is 4.79 Å². The molecule has 0 aromatic heterocycles. The highest BCUT2D eigenvalue weighted by Gasteiger charge is 2.36. The van der Waals surface area contributed by atoms with E-state index in [1.165, 1.54) is 6.92 Å². The fourth-order valence-electron chi connectivity index (χ4n) is 1.82. The highest BCUT2D eigenvalue weighted by molar-refractivity contribution is 5.73. The predicted molar refractivity (Wildman–Crippen MR) is 49.6 cm³/mol. The van der Waals surface area contributed by atoms with Crippen LogP contribution in [0.25, 0.3) is 0 Å². The fourth-order valence-corrected chi connectivity index (χ4v) is 1.82. The minimum Gasteiger partial charge on any atom is -0.377 e. The minimum atomic E-state index is -0.826. The van der Waals surface area contributed by atoms with Crippen LogP contribution in [0.5, 0.6) is 0 Å². The van der Waals surface area contributed by atoms with Crippen LogP contribution in [0, 0.1) is 0 Å². The number of amides is 1. The lowest BCUT2D eigenvalue weighted by Gasteiger charge is -2.38. The van der Waals surface area contributed by atoms with Crippen LogP contribution in [0.3, 0.4) is 0 Å². The van der Waals surface area contributed by atoms with Gasteiger partial charge in [-0.2, -0.15) is 0 Å². The molecule has 1 amide bonds. The molecule has 5 nitrogen and oxygen atoms in total. The molecule has 4 atom stereocenters. The lowest BCUT2D eigenvalue weighted by atomic mass is 9.99. The van der Waals surface area contributed by atoms with Crippen molar-refractivity contribution in [1.82, 2.24) is 5.32 Å². The summed E-state index contributed by atoms with van der Waals surface area (Å²) in [6, 6.07) is -0.184. The Bertz CT molecular complexity index is 209. The molecule has 5 heteroatoms. The van der Waals surface area contributed by atoms with Gasteiger partial charge in [-0.25, -0.2) is 0 Å². The van der Waals surface area contributed by atoms with Gasteiger partial charge in [0.2, 0.25) is 5.91 Å². The number of carbonyl (C=O) groups is 1. The maximum absolute atomic E-state index is 10.9. The molecule has 0 aromatic carbocycles. The molecule has 1 aliphatic rings. The first-order chi connectivity index (χ1) is 6.54. The van der Waals surface area contributed by atoms with E-state index in [0.717, 1.165) is 0 Å². The zero-order chi connectivity index (χ0) is 10.7. The molecule has 1 fully saturated rings. The molecule has 1 aliphatic heterocycles. The van der Waals surface area contributed by atoms with Gasteiger partial charge in [0, 0.05) is 20.5 Å². The van der Waals surface area contributed by atoms with Crippen molar-refractivity contribution in [2.45, 2.75) is 44.8 Å². The van der Waals surface area contributed by atoms with Crippen molar-refractivity contribution in [3.8, 4) is 0 Å². The summed E-state index contributed by atoms with van der Waals surface area (Å²) < 4.78 is 10.4. The summed E-state index contributed by atoms with van der Waals surface area (Å²) in [7, 11) is 1.57. The van der Waals surface area contributed by atoms with Crippen LogP contribution in [-0.2, 0) is 14.3 Å². The van der Waals surface area contributed by atoms with Gasteiger partial charge in [0.05, 0.1) is 12.1 Å². The van der Waals surface area contributed by atoms with E-state index in [0.29, 0.717) is 6.42 Å². The molecular weight excluding hydrogens is 186 g/mol. The van der Waals surface area contributed by atoms with E-state index in [2.05, 4.69) is 5.32 Å². The van der Waals surface area contributed by atoms with E-state index in [9.17, 15) is 9.90 Å². The van der Waals surface area contributed by atoms with Crippen LogP contribution < -0.4 is 5.32 Å². The molecule has 14 heavy (non-hydrogen) atoms. The third-order valence-electron chi connectivity index (χ3n) is 2.35. The number of hydrogen-bond acceptors (Lipinski definition) is 4.